The van der Waals surface area contributed by atoms with Crippen LogP contribution in [0.5, 0.6) is 0 Å². The van der Waals surface area contributed by atoms with Crippen LogP contribution in [0, 0.1) is 0 Å². The summed E-state index contributed by atoms with van der Waals surface area (Å²) < 4.78 is 16.8. The van der Waals surface area contributed by atoms with E-state index in [0.29, 0.717) is 26.2 Å². The van der Waals surface area contributed by atoms with Crippen LogP contribution in [-0.4, -0.2) is 42.4 Å². The molecule has 102 valence electrons. The highest BCUT2D eigenvalue weighted by atomic mass is 127. The summed E-state index contributed by atoms with van der Waals surface area (Å²) in [7, 11) is 0. The molecule has 0 aliphatic heterocycles. The Bertz CT molecular complexity index is 201. The topological polar surface area (TPSA) is 44.8 Å². The van der Waals surface area contributed by atoms with Crippen LogP contribution in [0.2, 0.25) is 0 Å². The Morgan fingerprint density at radius 1 is 1.06 bits per heavy atom. The Labute approximate surface area is 118 Å². The van der Waals surface area contributed by atoms with E-state index >= 15 is 0 Å². The van der Waals surface area contributed by atoms with E-state index < -0.39 is 5.60 Å². The predicted octanol–water partition coefficient (Wildman–Crippen LogP) is 2.58. The number of hydrogen-bond acceptors (Lipinski definition) is 4. The minimum Gasteiger partial charge on any atom is -0.460 e. The first-order valence-electron chi connectivity index (χ1n) is 5.89. The number of rotatable bonds is 9. The maximum Gasteiger partial charge on any atom is 0.308 e. The molecule has 4 nitrogen and oxygen atoms in total. The lowest BCUT2D eigenvalue weighted by Crippen LogP contribution is -2.24. The van der Waals surface area contributed by atoms with Gasteiger partial charge in [-0.3, -0.25) is 4.79 Å². The van der Waals surface area contributed by atoms with Crippen molar-refractivity contribution in [3.8, 4) is 0 Å². The van der Waals surface area contributed by atoms with Crippen LogP contribution in [0.1, 0.15) is 33.6 Å². The van der Waals surface area contributed by atoms with E-state index in [2.05, 4.69) is 22.6 Å². The minimum atomic E-state index is -0.417. The highest BCUT2D eigenvalue weighted by molar-refractivity contribution is 14.1. The summed E-state index contributed by atoms with van der Waals surface area (Å²) in [6.07, 6.45) is 1.36. The van der Waals surface area contributed by atoms with Crippen LogP contribution >= 0.6 is 22.6 Å². The van der Waals surface area contributed by atoms with Crippen LogP contribution in [0.25, 0.3) is 0 Å². The van der Waals surface area contributed by atoms with Crippen molar-refractivity contribution in [3.63, 3.8) is 0 Å². The zero-order chi connectivity index (χ0) is 13.1. The second kappa shape index (κ2) is 10.1. The number of ether oxygens (including phenoxy) is 3. The van der Waals surface area contributed by atoms with Gasteiger partial charge in [0.1, 0.15) is 5.60 Å². The number of hydrogen-bond donors (Lipinski definition) is 0. The number of carbonyl (C=O) groups is 1. The summed E-state index contributed by atoms with van der Waals surface area (Å²) in [5, 5.41) is 0. The lowest BCUT2D eigenvalue weighted by molar-refractivity contribution is -0.156. The van der Waals surface area contributed by atoms with Crippen molar-refractivity contribution >= 4 is 28.6 Å². The van der Waals surface area contributed by atoms with Gasteiger partial charge in [-0.25, -0.2) is 0 Å². The van der Waals surface area contributed by atoms with Gasteiger partial charge < -0.3 is 14.2 Å². The zero-order valence-electron chi connectivity index (χ0n) is 11.0. The summed E-state index contributed by atoms with van der Waals surface area (Å²) in [6.45, 7) is 7.85. The van der Waals surface area contributed by atoms with Crippen molar-refractivity contribution in [1.82, 2.24) is 0 Å². The van der Waals surface area contributed by atoms with Crippen molar-refractivity contribution in [1.29, 1.82) is 0 Å². The van der Waals surface area contributed by atoms with E-state index in [9.17, 15) is 4.79 Å². The second-order valence-corrected chi connectivity index (χ2v) is 5.68. The lowest BCUT2D eigenvalue weighted by atomic mass is 10.2. The van der Waals surface area contributed by atoms with Crippen LogP contribution in [0.4, 0.5) is 0 Å². The summed E-state index contributed by atoms with van der Waals surface area (Å²) >= 11 is 2.32. The molecule has 0 rings (SSSR count). The first-order chi connectivity index (χ1) is 7.95. The van der Waals surface area contributed by atoms with Gasteiger partial charge in [0.15, 0.2) is 0 Å². The fourth-order valence-electron chi connectivity index (χ4n) is 1.03. The number of halogens is 1. The van der Waals surface area contributed by atoms with Gasteiger partial charge in [-0.05, 0) is 27.2 Å². The van der Waals surface area contributed by atoms with E-state index in [1.807, 2.05) is 20.8 Å². The monoisotopic (exact) mass is 358 g/mol. The molecule has 0 unspecified atom stereocenters. The number of carbonyl (C=O) groups excluding carboxylic acids is 1. The van der Waals surface area contributed by atoms with Crippen LogP contribution < -0.4 is 0 Å². The molecule has 0 radical (unpaired) electrons. The largest absolute Gasteiger partial charge is 0.460 e. The maximum absolute atomic E-state index is 11.3. The van der Waals surface area contributed by atoms with Gasteiger partial charge in [0.25, 0.3) is 0 Å². The number of esters is 1. The molecule has 0 spiro atoms. The van der Waals surface area contributed by atoms with Crippen LogP contribution in [0.3, 0.4) is 0 Å². The van der Waals surface area contributed by atoms with Gasteiger partial charge in [-0.2, -0.15) is 0 Å². The first kappa shape index (κ1) is 17.1. The van der Waals surface area contributed by atoms with Crippen LogP contribution in [0.15, 0.2) is 0 Å². The molecule has 0 bridgehead atoms. The Morgan fingerprint density at radius 3 is 2.18 bits per heavy atom. The van der Waals surface area contributed by atoms with Gasteiger partial charge >= 0.3 is 5.97 Å². The average Bonchev–Trinajstić information content (AvgIpc) is 2.19. The van der Waals surface area contributed by atoms with E-state index in [1.54, 1.807) is 0 Å². The molecule has 17 heavy (non-hydrogen) atoms. The molecule has 0 aliphatic rings. The van der Waals surface area contributed by atoms with E-state index in [4.69, 9.17) is 14.2 Å². The molecule has 0 heterocycles. The van der Waals surface area contributed by atoms with Crippen molar-refractivity contribution in [2.45, 2.75) is 39.2 Å². The van der Waals surface area contributed by atoms with Crippen LogP contribution in [-0.2, 0) is 19.0 Å². The van der Waals surface area contributed by atoms with Gasteiger partial charge in [0.05, 0.1) is 26.2 Å². The van der Waals surface area contributed by atoms with Gasteiger partial charge in [-0.15, -0.1) is 0 Å². The van der Waals surface area contributed by atoms with E-state index in [0.717, 1.165) is 17.5 Å². The Balaban J connectivity index is 3.25. The zero-order valence-corrected chi connectivity index (χ0v) is 13.1. The normalized spacial score (nSPS) is 11.5. The molecule has 0 aromatic carbocycles. The molecular formula is C12H23IO4. The molecule has 0 aromatic rings. The smallest absolute Gasteiger partial charge is 0.308 e. The second-order valence-electron chi connectivity index (χ2n) is 4.60. The SMILES string of the molecule is CC(C)(C)OC(=O)CCOCCOCCCI. The van der Waals surface area contributed by atoms with E-state index in [1.165, 1.54) is 0 Å². The highest BCUT2D eigenvalue weighted by Gasteiger charge is 2.15. The molecule has 0 N–H and O–H groups in total. The maximum atomic E-state index is 11.3. The summed E-state index contributed by atoms with van der Waals surface area (Å²) in [6, 6.07) is 0. The molecule has 5 heteroatoms. The molecule has 0 atom stereocenters. The Kier molecular flexibility index (Phi) is 10.2. The average molecular weight is 358 g/mol. The van der Waals surface area contributed by atoms with Gasteiger partial charge in [0.2, 0.25) is 0 Å². The minimum absolute atomic E-state index is 0.219. The number of alkyl halides is 1. The fraction of sp³-hybridized carbons (Fsp3) is 0.917. The third-order valence-corrected chi connectivity index (χ3v) is 2.43. The molecular weight excluding hydrogens is 335 g/mol. The third kappa shape index (κ3) is 14.1. The molecule has 0 aromatic heterocycles. The van der Waals surface area contributed by atoms with Crippen molar-refractivity contribution < 1.29 is 19.0 Å². The quantitative estimate of drug-likeness (QED) is 0.275. The van der Waals surface area contributed by atoms with E-state index in [-0.39, 0.29) is 5.97 Å². The molecule has 0 fully saturated rings. The molecule has 0 amide bonds. The molecule has 0 saturated carbocycles. The summed E-state index contributed by atoms with van der Waals surface area (Å²) in [5.41, 5.74) is -0.417. The Hall–Kier alpha value is 0.120. The molecule has 0 aliphatic carbocycles. The predicted molar refractivity (Wildman–Crippen MR) is 75.6 cm³/mol. The molecule has 0 saturated heterocycles. The summed E-state index contributed by atoms with van der Waals surface area (Å²) in [4.78, 5) is 11.3. The van der Waals surface area contributed by atoms with Crippen molar-refractivity contribution in [2.75, 3.05) is 30.9 Å². The van der Waals surface area contributed by atoms with Crippen molar-refractivity contribution in [2.24, 2.45) is 0 Å². The van der Waals surface area contributed by atoms with Gasteiger partial charge in [0, 0.05) is 11.0 Å². The third-order valence-electron chi connectivity index (χ3n) is 1.66. The summed E-state index contributed by atoms with van der Waals surface area (Å²) in [5.74, 6) is -0.219. The van der Waals surface area contributed by atoms with Gasteiger partial charge in [-0.1, -0.05) is 22.6 Å². The standard InChI is InChI=1S/C12H23IO4/c1-12(2,3)17-11(14)5-8-16-10-9-15-7-4-6-13/h4-10H2,1-3H3. The lowest BCUT2D eigenvalue weighted by Gasteiger charge is -2.19. The Morgan fingerprint density at radius 2 is 1.65 bits per heavy atom. The highest BCUT2D eigenvalue weighted by Crippen LogP contribution is 2.07. The fourth-order valence-corrected chi connectivity index (χ4v) is 1.34. The first-order valence-corrected chi connectivity index (χ1v) is 7.41. The van der Waals surface area contributed by atoms with Crippen molar-refractivity contribution in [3.05, 3.63) is 0 Å².